The molecule has 7 nitrogen and oxygen atoms in total. The molecule has 1 heterocycles. The Kier molecular flexibility index (Phi) is 9.63. The van der Waals surface area contributed by atoms with E-state index in [0.717, 1.165) is 59.2 Å². The summed E-state index contributed by atoms with van der Waals surface area (Å²) in [5.41, 5.74) is 5.52. The molecule has 3 aromatic carbocycles. The lowest BCUT2D eigenvalue weighted by molar-refractivity contribution is 0.151. The molecule has 0 bridgehead atoms. The van der Waals surface area contributed by atoms with E-state index in [1.807, 2.05) is 55.5 Å². The van der Waals surface area contributed by atoms with E-state index in [1.54, 1.807) is 12.1 Å². The third-order valence-electron chi connectivity index (χ3n) is 6.75. The predicted octanol–water partition coefficient (Wildman–Crippen LogP) is 7.12. The molecule has 1 amide bonds. The number of imidazole rings is 1. The smallest absolute Gasteiger partial charge is 0.421 e. The first kappa shape index (κ1) is 29.3. The lowest BCUT2D eigenvalue weighted by Gasteiger charge is -2.15. The fourth-order valence-corrected chi connectivity index (χ4v) is 5.88. The molecule has 4 aromatic rings. The van der Waals surface area contributed by atoms with Gasteiger partial charge in [-0.05, 0) is 59.7 Å². The van der Waals surface area contributed by atoms with Gasteiger partial charge in [-0.25, -0.2) is 22.9 Å². The van der Waals surface area contributed by atoms with Crippen LogP contribution in [0.4, 0.5) is 4.79 Å². The van der Waals surface area contributed by atoms with E-state index in [9.17, 15) is 13.2 Å². The Balaban J connectivity index is 1.65. The number of rotatable bonds is 12. The van der Waals surface area contributed by atoms with Crippen molar-refractivity contribution >= 4 is 27.1 Å². The summed E-state index contributed by atoms with van der Waals surface area (Å²) in [6.45, 7) is 9.27. The Labute approximate surface area is 237 Å². The van der Waals surface area contributed by atoms with Crippen LogP contribution in [0.3, 0.4) is 0 Å². The van der Waals surface area contributed by atoms with Crippen LogP contribution in [0, 0.1) is 5.92 Å². The fourth-order valence-electron chi connectivity index (χ4n) is 4.78. The predicted molar refractivity (Wildman–Crippen MR) is 160 cm³/mol. The maximum absolute atomic E-state index is 13.2. The Morgan fingerprint density at radius 3 is 2.40 bits per heavy atom. The number of ether oxygens (including phenoxy) is 1. The molecule has 8 heteroatoms. The van der Waals surface area contributed by atoms with E-state index in [2.05, 4.69) is 36.1 Å². The van der Waals surface area contributed by atoms with E-state index in [0.29, 0.717) is 24.4 Å². The molecular formula is C32H39N3O4S. The van der Waals surface area contributed by atoms with Gasteiger partial charge in [-0.15, -0.1) is 0 Å². The van der Waals surface area contributed by atoms with E-state index < -0.39 is 16.1 Å². The van der Waals surface area contributed by atoms with Gasteiger partial charge in [0.15, 0.2) is 0 Å². The average Bonchev–Trinajstić information content (AvgIpc) is 3.25. The second kappa shape index (κ2) is 13.1. The Hall–Kier alpha value is -3.65. The van der Waals surface area contributed by atoms with Gasteiger partial charge in [-0.1, -0.05) is 83.0 Å². The van der Waals surface area contributed by atoms with Gasteiger partial charge in [0.1, 0.15) is 5.82 Å². The standard InChI is InChI=1S/C32H39N3O4S/c1-5-7-19-39-32(36)34-40(37,38)30-18-15-24(10-6-2)21-27(30)26-16-13-25(14-17-26)22-35-29-12-9-8-11-28(29)33-31(35)20-23(3)4/h8-9,11-18,21,23H,5-7,10,19-20,22H2,1-4H3,(H,34,36). The first-order valence-corrected chi connectivity index (χ1v) is 15.6. The number of nitrogens with one attached hydrogen (secondary N) is 1. The summed E-state index contributed by atoms with van der Waals surface area (Å²) >= 11 is 0. The number of unbranched alkanes of at least 4 members (excludes halogenated alkanes) is 1. The van der Waals surface area contributed by atoms with E-state index in [1.165, 1.54) is 0 Å². The van der Waals surface area contributed by atoms with Gasteiger partial charge in [0.05, 0.1) is 22.5 Å². The molecular weight excluding hydrogens is 522 g/mol. The number of aryl methyl sites for hydroxylation is 1. The minimum Gasteiger partial charge on any atom is -0.449 e. The molecule has 4 rings (SSSR count). The molecule has 1 N–H and O–H groups in total. The zero-order valence-corrected chi connectivity index (χ0v) is 24.6. The molecule has 0 unspecified atom stereocenters. The number of aromatic nitrogens is 2. The van der Waals surface area contributed by atoms with Crippen molar-refractivity contribution in [3.63, 3.8) is 0 Å². The van der Waals surface area contributed by atoms with Crippen molar-refractivity contribution in [3.05, 3.63) is 83.7 Å². The molecule has 0 radical (unpaired) electrons. The van der Waals surface area contributed by atoms with Gasteiger partial charge >= 0.3 is 6.09 Å². The SMILES string of the molecule is CCCCOC(=O)NS(=O)(=O)c1ccc(CCC)cc1-c1ccc(Cn2c(CC(C)C)nc3ccccc32)cc1. The zero-order chi connectivity index (χ0) is 28.7. The third kappa shape index (κ3) is 7.10. The van der Waals surface area contributed by atoms with Crippen LogP contribution in [0.5, 0.6) is 0 Å². The molecule has 0 aliphatic carbocycles. The molecule has 1 aromatic heterocycles. The number of carbonyl (C=O) groups is 1. The highest BCUT2D eigenvalue weighted by Gasteiger charge is 2.23. The summed E-state index contributed by atoms with van der Waals surface area (Å²) in [5, 5.41) is 0. The summed E-state index contributed by atoms with van der Waals surface area (Å²) in [5.74, 6) is 1.53. The van der Waals surface area contributed by atoms with Crippen molar-refractivity contribution in [2.45, 2.75) is 71.2 Å². The van der Waals surface area contributed by atoms with E-state index in [4.69, 9.17) is 9.72 Å². The highest BCUT2D eigenvalue weighted by atomic mass is 32.2. The largest absolute Gasteiger partial charge is 0.449 e. The van der Waals surface area contributed by atoms with Crippen LogP contribution in [-0.4, -0.2) is 30.7 Å². The van der Waals surface area contributed by atoms with Gasteiger partial charge in [-0.2, -0.15) is 0 Å². The molecule has 0 fully saturated rings. The molecule has 0 atom stereocenters. The van der Waals surface area contributed by atoms with Crippen molar-refractivity contribution in [1.82, 2.24) is 14.3 Å². The first-order valence-electron chi connectivity index (χ1n) is 14.1. The number of benzene rings is 3. The second-order valence-corrected chi connectivity index (χ2v) is 12.2. The number of amides is 1. The Bertz CT molecular complexity index is 1560. The maximum Gasteiger partial charge on any atom is 0.421 e. The van der Waals surface area contributed by atoms with Crippen LogP contribution in [0.25, 0.3) is 22.2 Å². The summed E-state index contributed by atoms with van der Waals surface area (Å²) in [4.78, 5) is 17.1. The van der Waals surface area contributed by atoms with Gasteiger partial charge in [-0.3, -0.25) is 0 Å². The molecule has 0 aliphatic heterocycles. The molecule has 0 aliphatic rings. The quantitative estimate of drug-likeness (QED) is 0.186. The topological polar surface area (TPSA) is 90.3 Å². The van der Waals surface area contributed by atoms with Crippen molar-refractivity contribution in [3.8, 4) is 11.1 Å². The van der Waals surface area contributed by atoms with Crippen molar-refractivity contribution in [2.75, 3.05) is 6.61 Å². The van der Waals surface area contributed by atoms with Crippen molar-refractivity contribution in [1.29, 1.82) is 0 Å². The zero-order valence-electron chi connectivity index (χ0n) is 23.8. The third-order valence-corrected chi connectivity index (χ3v) is 8.12. The first-order chi connectivity index (χ1) is 19.2. The fraction of sp³-hybridized carbons (Fsp3) is 0.375. The average molecular weight is 562 g/mol. The van der Waals surface area contributed by atoms with Crippen LogP contribution in [-0.2, 0) is 34.1 Å². The second-order valence-electron chi connectivity index (χ2n) is 10.6. The number of nitrogens with zero attached hydrogens (tertiary/aromatic N) is 2. The minimum atomic E-state index is -4.14. The normalized spacial score (nSPS) is 11.7. The Morgan fingerprint density at radius 1 is 0.975 bits per heavy atom. The van der Waals surface area contributed by atoms with Crippen LogP contribution < -0.4 is 4.72 Å². The number of carbonyl (C=O) groups excluding carboxylic acids is 1. The van der Waals surface area contributed by atoms with Crippen LogP contribution in [0.2, 0.25) is 0 Å². The highest BCUT2D eigenvalue weighted by molar-refractivity contribution is 7.90. The molecule has 212 valence electrons. The maximum atomic E-state index is 13.2. The number of sulfonamides is 1. The van der Waals surface area contributed by atoms with Gasteiger partial charge in [0, 0.05) is 18.5 Å². The van der Waals surface area contributed by atoms with Gasteiger partial charge < -0.3 is 9.30 Å². The lowest BCUT2D eigenvalue weighted by atomic mass is 10.00. The monoisotopic (exact) mass is 561 g/mol. The van der Waals surface area contributed by atoms with Crippen LogP contribution in [0.1, 0.15) is 63.9 Å². The summed E-state index contributed by atoms with van der Waals surface area (Å²) in [6.07, 6.45) is 3.19. The summed E-state index contributed by atoms with van der Waals surface area (Å²) in [7, 11) is -4.14. The number of para-hydroxylation sites is 2. The number of hydrogen-bond donors (Lipinski definition) is 1. The van der Waals surface area contributed by atoms with Gasteiger partial charge in [0.25, 0.3) is 10.0 Å². The minimum absolute atomic E-state index is 0.0485. The van der Waals surface area contributed by atoms with Crippen LogP contribution >= 0.6 is 0 Å². The summed E-state index contributed by atoms with van der Waals surface area (Å²) < 4.78 is 35.9. The van der Waals surface area contributed by atoms with E-state index >= 15 is 0 Å². The van der Waals surface area contributed by atoms with Crippen LogP contribution in [0.15, 0.2) is 71.6 Å². The number of fused-ring (bicyclic) bond motifs is 1. The highest BCUT2D eigenvalue weighted by Crippen LogP contribution is 2.30. The van der Waals surface area contributed by atoms with Crippen molar-refractivity contribution in [2.24, 2.45) is 5.92 Å². The summed E-state index contributed by atoms with van der Waals surface area (Å²) in [6, 6.07) is 21.4. The molecule has 0 spiro atoms. The van der Waals surface area contributed by atoms with E-state index in [-0.39, 0.29) is 11.5 Å². The lowest BCUT2D eigenvalue weighted by Crippen LogP contribution is -2.31. The van der Waals surface area contributed by atoms with Crippen molar-refractivity contribution < 1.29 is 17.9 Å². The van der Waals surface area contributed by atoms with Gasteiger partial charge in [0.2, 0.25) is 0 Å². The Morgan fingerprint density at radius 2 is 1.70 bits per heavy atom. The molecule has 0 saturated heterocycles. The molecule has 40 heavy (non-hydrogen) atoms. The molecule has 0 saturated carbocycles. The number of hydrogen-bond acceptors (Lipinski definition) is 5.